The maximum Gasteiger partial charge on any atom is 0.321 e. The number of urea groups is 1. The maximum absolute atomic E-state index is 13.1. The fraction of sp³-hybridized carbons (Fsp3) is 0.609. The Balaban J connectivity index is 1.38. The van der Waals surface area contributed by atoms with E-state index in [0.717, 1.165) is 19.3 Å². The van der Waals surface area contributed by atoms with Crippen molar-refractivity contribution in [3.05, 3.63) is 18.2 Å². The van der Waals surface area contributed by atoms with Crippen molar-refractivity contribution in [1.29, 1.82) is 0 Å². The largest absolute Gasteiger partial charge is 0.497 e. The second-order valence-corrected chi connectivity index (χ2v) is 8.83. The summed E-state index contributed by atoms with van der Waals surface area (Å²) in [6.45, 7) is 0.895. The van der Waals surface area contributed by atoms with Gasteiger partial charge in [0.05, 0.1) is 20.8 Å². The molecular weight excluding hydrogens is 412 g/mol. The number of ether oxygens (including phenoxy) is 2. The number of nitrogens with one attached hydrogen (secondary N) is 2. The van der Waals surface area contributed by atoms with E-state index in [-0.39, 0.29) is 24.4 Å². The van der Waals surface area contributed by atoms with Crippen LogP contribution in [0.4, 0.5) is 10.5 Å². The molecule has 3 aliphatic rings. The van der Waals surface area contributed by atoms with Gasteiger partial charge in [-0.05, 0) is 12.3 Å². The van der Waals surface area contributed by atoms with Crippen molar-refractivity contribution in [2.75, 3.05) is 39.2 Å². The van der Waals surface area contributed by atoms with E-state index in [1.807, 2.05) is 0 Å². The van der Waals surface area contributed by atoms with Gasteiger partial charge in [-0.1, -0.05) is 32.1 Å². The lowest BCUT2D eigenvalue weighted by atomic mass is 9.84. The Kier molecular flexibility index (Phi) is 6.72. The third-order valence-corrected chi connectivity index (χ3v) is 6.76. The summed E-state index contributed by atoms with van der Waals surface area (Å²) in [7, 11) is 3.08. The van der Waals surface area contributed by atoms with Crippen LogP contribution in [0.25, 0.3) is 0 Å². The molecule has 9 heteroatoms. The molecule has 4 amide bonds. The number of amides is 4. The summed E-state index contributed by atoms with van der Waals surface area (Å²) in [5.41, 5.74) is 0.533. The summed E-state index contributed by atoms with van der Waals surface area (Å²) in [6, 6.07) is 3.70. The van der Waals surface area contributed by atoms with Gasteiger partial charge in [-0.2, -0.15) is 0 Å². The Hall–Kier alpha value is -2.97. The Labute approximate surface area is 188 Å². The fourth-order valence-corrected chi connectivity index (χ4v) is 4.98. The van der Waals surface area contributed by atoms with Crippen LogP contribution in [-0.4, -0.2) is 73.6 Å². The van der Waals surface area contributed by atoms with Gasteiger partial charge in [-0.25, -0.2) is 4.79 Å². The molecule has 0 bridgehead atoms. The minimum absolute atomic E-state index is 0.0160. The van der Waals surface area contributed by atoms with Gasteiger partial charge >= 0.3 is 6.03 Å². The van der Waals surface area contributed by atoms with Gasteiger partial charge in [0.1, 0.15) is 23.6 Å². The van der Waals surface area contributed by atoms with Crippen LogP contribution < -0.4 is 20.1 Å². The first kappa shape index (κ1) is 22.2. The van der Waals surface area contributed by atoms with E-state index in [1.165, 1.54) is 19.3 Å². The van der Waals surface area contributed by atoms with E-state index in [1.54, 1.807) is 42.2 Å². The summed E-state index contributed by atoms with van der Waals surface area (Å²) in [5, 5.41) is 5.77. The molecule has 2 atom stereocenters. The molecule has 2 unspecified atom stereocenters. The molecule has 174 valence electrons. The van der Waals surface area contributed by atoms with Crippen LogP contribution in [0, 0.1) is 5.92 Å². The molecule has 2 N–H and O–H groups in total. The molecule has 2 heterocycles. The van der Waals surface area contributed by atoms with Crippen LogP contribution in [-0.2, 0) is 9.59 Å². The molecule has 0 spiro atoms. The van der Waals surface area contributed by atoms with Gasteiger partial charge in [-0.15, -0.1) is 0 Å². The zero-order chi connectivity index (χ0) is 22.7. The molecular formula is C23H32N4O5. The third-order valence-electron chi connectivity index (χ3n) is 6.76. The first-order valence-corrected chi connectivity index (χ1v) is 11.4. The minimum Gasteiger partial charge on any atom is -0.497 e. The molecule has 4 rings (SSSR count). The summed E-state index contributed by atoms with van der Waals surface area (Å²) >= 11 is 0. The summed E-state index contributed by atoms with van der Waals surface area (Å²) < 4.78 is 10.5. The standard InChI is InChI=1S/C23H32N4O5/c1-31-17-11-16(12-18(13-17)32-2)24-23(30)26-8-9-27-20(14-26)21(28)25-19(22(27)29)10-15-6-4-3-5-7-15/h11-13,15,19-20H,3-10,14H2,1-2H3,(H,24,30)(H,25,28). The van der Waals surface area contributed by atoms with Crippen molar-refractivity contribution in [2.45, 2.75) is 50.6 Å². The number of benzene rings is 1. The number of hydrogen-bond donors (Lipinski definition) is 2. The van der Waals surface area contributed by atoms with E-state index in [4.69, 9.17) is 9.47 Å². The average Bonchev–Trinajstić information content (AvgIpc) is 2.82. The van der Waals surface area contributed by atoms with E-state index in [9.17, 15) is 14.4 Å². The summed E-state index contributed by atoms with van der Waals surface area (Å²) in [6.07, 6.45) is 6.65. The monoisotopic (exact) mass is 444 g/mol. The lowest BCUT2D eigenvalue weighted by molar-refractivity contribution is -0.152. The molecule has 0 aromatic heterocycles. The number of piperazine rings is 2. The van der Waals surface area contributed by atoms with Crippen LogP contribution in [0.5, 0.6) is 11.5 Å². The molecule has 1 aliphatic carbocycles. The quantitative estimate of drug-likeness (QED) is 0.725. The van der Waals surface area contributed by atoms with E-state index < -0.39 is 12.1 Å². The summed E-state index contributed by atoms with van der Waals surface area (Å²) in [4.78, 5) is 42.0. The molecule has 0 radical (unpaired) electrons. The Morgan fingerprint density at radius 1 is 1.06 bits per heavy atom. The van der Waals surface area contributed by atoms with Crippen LogP contribution in [0.2, 0.25) is 0 Å². The van der Waals surface area contributed by atoms with Crippen molar-refractivity contribution >= 4 is 23.5 Å². The van der Waals surface area contributed by atoms with E-state index >= 15 is 0 Å². The maximum atomic E-state index is 13.1. The van der Waals surface area contributed by atoms with Crippen molar-refractivity contribution in [1.82, 2.24) is 15.1 Å². The van der Waals surface area contributed by atoms with Crippen LogP contribution in [0.15, 0.2) is 18.2 Å². The lowest BCUT2D eigenvalue weighted by Gasteiger charge is -2.45. The van der Waals surface area contributed by atoms with Crippen molar-refractivity contribution in [3.8, 4) is 11.5 Å². The van der Waals surface area contributed by atoms with Crippen LogP contribution >= 0.6 is 0 Å². The molecule has 3 fully saturated rings. The highest BCUT2D eigenvalue weighted by molar-refractivity contribution is 5.98. The SMILES string of the molecule is COc1cc(NC(=O)N2CCN3C(=O)C(CC4CCCCC4)NC(=O)C3C2)cc(OC)c1. The van der Waals surface area contributed by atoms with Crippen molar-refractivity contribution in [2.24, 2.45) is 5.92 Å². The first-order valence-electron chi connectivity index (χ1n) is 11.4. The fourth-order valence-electron chi connectivity index (χ4n) is 4.98. The smallest absolute Gasteiger partial charge is 0.321 e. The summed E-state index contributed by atoms with van der Waals surface area (Å²) in [5.74, 6) is 1.43. The predicted octanol–water partition coefficient (Wildman–Crippen LogP) is 2.22. The molecule has 32 heavy (non-hydrogen) atoms. The van der Waals surface area contributed by atoms with Crippen LogP contribution in [0.3, 0.4) is 0 Å². The number of nitrogens with zero attached hydrogens (tertiary/aromatic N) is 2. The number of fused-ring (bicyclic) bond motifs is 1. The number of carbonyl (C=O) groups excluding carboxylic acids is 3. The molecule has 1 aromatic rings. The van der Waals surface area contributed by atoms with Gasteiger partial charge in [0.15, 0.2) is 0 Å². The Morgan fingerprint density at radius 2 is 1.75 bits per heavy atom. The number of methoxy groups -OCH3 is 2. The molecule has 2 aliphatic heterocycles. The normalized spacial score (nSPS) is 23.9. The number of rotatable bonds is 5. The number of anilines is 1. The van der Waals surface area contributed by atoms with Crippen molar-refractivity contribution in [3.63, 3.8) is 0 Å². The molecule has 2 saturated heterocycles. The Morgan fingerprint density at radius 3 is 2.41 bits per heavy atom. The minimum atomic E-state index is -0.649. The molecule has 9 nitrogen and oxygen atoms in total. The number of hydrogen-bond acceptors (Lipinski definition) is 5. The van der Waals surface area contributed by atoms with Gasteiger partial charge in [0.25, 0.3) is 0 Å². The predicted molar refractivity (Wildman–Crippen MR) is 119 cm³/mol. The highest BCUT2D eigenvalue weighted by atomic mass is 16.5. The zero-order valence-corrected chi connectivity index (χ0v) is 18.8. The average molecular weight is 445 g/mol. The molecule has 1 aromatic carbocycles. The van der Waals surface area contributed by atoms with Gasteiger partial charge in [-0.3, -0.25) is 9.59 Å². The lowest BCUT2D eigenvalue weighted by Crippen LogP contribution is -2.70. The van der Waals surface area contributed by atoms with E-state index in [0.29, 0.717) is 36.2 Å². The second kappa shape index (κ2) is 9.67. The van der Waals surface area contributed by atoms with Gasteiger partial charge in [0.2, 0.25) is 11.8 Å². The van der Waals surface area contributed by atoms with Gasteiger partial charge in [0, 0.05) is 37.0 Å². The van der Waals surface area contributed by atoms with E-state index in [2.05, 4.69) is 10.6 Å². The van der Waals surface area contributed by atoms with Crippen molar-refractivity contribution < 1.29 is 23.9 Å². The highest BCUT2D eigenvalue weighted by Crippen LogP contribution is 2.30. The first-order chi connectivity index (χ1) is 15.5. The second-order valence-electron chi connectivity index (χ2n) is 8.83. The van der Waals surface area contributed by atoms with Gasteiger partial charge < -0.3 is 29.9 Å². The zero-order valence-electron chi connectivity index (χ0n) is 18.8. The molecule has 1 saturated carbocycles. The third kappa shape index (κ3) is 4.76. The van der Waals surface area contributed by atoms with Crippen LogP contribution in [0.1, 0.15) is 38.5 Å². The Bertz CT molecular complexity index is 848. The topological polar surface area (TPSA) is 100 Å². The number of carbonyl (C=O) groups is 3. The highest BCUT2D eigenvalue weighted by Gasteiger charge is 2.44.